The van der Waals surface area contributed by atoms with Crippen molar-refractivity contribution in [2.75, 3.05) is 57.2 Å². The summed E-state index contributed by atoms with van der Waals surface area (Å²) in [6.45, 7) is 4.84. The summed E-state index contributed by atoms with van der Waals surface area (Å²) in [7, 11) is 1.59. The number of rotatable bonds is 10. The molecule has 2 N–H and O–H groups in total. The van der Waals surface area contributed by atoms with Crippen LogP contribution in [-0.4, -0.2) is 92.0 Å². The van der Waals surface area contributed by atoms with Crippen LogP contribution in [0.15, 0.2) is 72.9 Å². The van der Waals surface area contributed by atoms with E-state index in [1.54, 1.807) is 80.0 Å². The molecule has 1 radical (unpaired) electrons. The second-order valence-electron chi connectivity index (χ2n) is 9.38. The summed E-state index contributed by atoms with van der Waals surface area (Å²) in [6, 6.07) is 21.2. The van der Waals surface area contributed by atoms with E-state index < -0.39 is 0 Å². The number of fused-ring (bicyclic) bond motifs is 1. The maximum absolute atomic E-state index is 12.4. The SMILES string of the molecule is COc1ccc(NC(=O)Nc2ccc(Oc3ccnc4cc(OCCCN5CCOCC5)c(C#N)cc34)cc2)cc1.[Na]. The molecule has 4 aromatic rings. The predicted octanol–water partition coefficient (Wildman–Crippen LogP) is 5.27. The Kier molecular flexibility index (Phi) is 11.4. The third kappa shape index (κ3) is 8.35. The summed E-state index contributed by atoms with van der Waals surface area (Å²) in [5.74, 6) is 2.35. The van der Waals surface area contributed by atoms with Crippen LogP contribution in [0.25, 0.3) is 10.9 Å². The van der Waals surface area contributed by atoms with Gasteiger partial charge in [-0.15, -0.1) is 0 Å². The monoisotopic (exact) mass is 576 g/mol. The van der Waals surface area contributed by atoms with Crippen molar-refractivity contribution in [2.45, 2.75) is 6.42 Å². The first-order valence-electron chi connectivity index (χ1n) is 13.4. The van der Waals surface area contributed by atoms with Crippen LogP contribution in [0, 0.1) is 11.3 Å². The zero-order chi connectivity index (χ0) is 28.4. The second-order valence-corrected chi connectivity index (χ2v) is 9.38. The standard InChI is InChI=1S/C31H31N5O5.Na/c1-38-25-7-3-23(4-8-25)34-31(37)35-24-5-9-26(10-6-24)41-29-11-12-33-28-20-30(22(21-32)19-27(28)29)40-16-2-13-36-14-17-39-18-15-36;/h3-12,19-20H,2,13-18H2,1H3,(H2,34,35,37);. The van der Waals surface area contributed by atoms with Gasteiger partial charge in [-0.1, -0.05) is 0 Å². The van der Waals surface area contributed by atoms with Crippen LogP contribution in [-0.2, 0) is 4.74 Å². The van der Waals surface area contributed by atoms with Gasteiger partial charge in [0.2, 0.25) is 0 Å². The van der Waals surface area contributed by atoms with E-state index in [-0.39, 0.29) is 35.6 Å². The molecule has 1 aromatic heterocycles. The minimum absolute atomic E-state index is 0. The molecule has 1 aliphatic heterocycles. The maximum Gasteiger partial charge on any atom is 0.323 e. The average molecular weight is 577 g/mol. The summed E-state index contributed by atoms with van der Waals surface area (Å²) in [5.41, 5.74) is 2.33. The number of morpholine rings is 1. The van der Waals surface area contributed by atoms with Crippen molar-refractivity contribution in [3.63, 3.8) is 0 Å². The van der Waals surface area contributed by atoms with Crippen molar-refractivity contribution in [3.05, 3.63) is 78.5 Å². The summed E-state index contributed by atoms with van der Waals surface area (Å²) in [6.07, 6.45) is 2.51. The molecule has 3 aromatic carbocycles. The van der Waals surface area contributed by atoms with Gasteiger partial charge in [0, 0.05) is 78.2 Å². The van der Waals surface area contributed by atoms with Crippen LogP contribution in [0.5, 0.6) is 23.0 Å². The molecular weight excluding hydrogens is 545 g/mol. The molecule has 0 atom stereocenters. The van der Waals surface area contributed by atoms with Gasteiger partial charge in [-0.25, -0.2) is 4.79 Å². The van der Waals surface area contributed by atoms with E-state index in [4.69, 9.17) is 18.9 Å². The smallest absolute Gasteiger partial charge is 0.323 e. The van der Waals surface area contributed by atoms with Crippen LogP contribution < -0.4 is 24.8 Å². The molecule has 0 spiro atoms. The number of anilines is 2. The Labute approximate surface area is 266 Å². The Morgan fingerprint density at radius 1 is 0.976 bits per heavy atom. The van der Waals surface area contributed by atoms with Crippen LogP contribution in [0.4, 0.5) is 16.2 Å². The summed E-state index contributed by atoms with van der Waals surface area (Å²) >= 11 is 0. The number of nitriles is 1. The Morgan fingerprint density at radius 2 is 1.64 bits per heavy atom. The van der Waals surface area contributed by atoms with E-state index >= 15 is 0 Å². The fourth-order valence-corrected chi connectivity index (χ4v) is 4.44. The topological polar surface area (TPSA) is 118 Å². The molecule has 2 amide bonds. The van der Waals surface area contributed by atoms with Crippen LogP contribution >= 0.6 is 0 Å². The largest absolute Gasteiger partial charge is 0.497 e. The molecule has 0 saturated carbocycles. The molecule has 2 heterocycles. The van der Waals surface area contributed by atoms with Gasteiger partial charge in [-0.3, -0.25) is 9.88 Å². The van der Waals surface area contributed by atoms with Gasteiger partial charge >= 0.3 is 6.03 Å². The number of nitrogens with one attached hydrogen (secondary N) is 2. The summed E-state index contributed by atoms with van der Waals surface area (Å²) in [5, 5.41) is 16.1. The van der Waals surface area contributed by atoms with Gasteiger partial charge in [0.05, 0.1) is 38.0 Å². The van der Waals surface area contributed by atoms with Gasteiger partial charge in [0.15, 0.2) is 0 Å². The first-order chi connectivity index (χ1) is 20.1. The number of amides is 2. The average Bonchev–Trinajstić information content (AvgIpc) is 3.01. The molecule has 1 aliphatic rings. The van der Waals surface area contributed by atoms with E-state index in [0.29, 0.717) is 57.4 Å². The number of urea groups is 1. The first kappa shape index (κ1) is 31.1. The number of pyridine rings is 1. The number of carbonyl (C=O) groups is 1. The molecule has 0 bridgehead atoms. The van der Waals surface area contributed by atoms with Gasteiger partial charge in [-0.05, 0) is 67.1 Å². The predicted molar refractivity (Wildman–Crippen MR) is 162 cm³/mol. The Bertz CT molecular complexity index is 1520. The minimum atomic E-state index is -0.368. The number of nitrogens with zero attached hydrogens (tertiary/aromatic N) is 3. The summed E-state index contributed by atoms with van der Waals surface area (Å²) in [4.78, 5) is 19.2. The van der Waals surface area contributed by atoms with Crippen LogP contribution in [0.3, 0.4) is 0 Å². The zero-order valence-electron chi connectivity index (χ0n) is 23.8. The van der Waals surface area contributed by atoms with Gasteiger partial charge in [0.1, 0.15) is 29.1 Å². The van der Waals surface area contributed by atoms with Gasteiger partial charge in [0.25, 0.3) is 0 Å². The van der Waals surface area contributed by atoms with E-state index in [2.05, 4.69) is 26.6 Å². The second kappa shape index (κ2) is 15.4. The van der Waals surface area contributed by atoms with Crippen molar-refractivity contribution in [3.8, 4) is 29.1 Å². The Hall–Kier alpha value is -3.85. The molecule has 5 rings (SSSR count). The zero-order valence-corrected chi connectivity index (χ0v) is 25.8. The molecule has 10 nitrogen and oxygen atoms in total. The van der Waals surface area contributed by atoms with Gasteiger partial charge < -0.3 is 29.6 Å². The third-order valence-electron chi connectivity index (χ3n) is 6.59. The molecule has 0 aliphatic carbocycles. The Morgan fingerprint density at radius 3 is 2.29 bits per heavy atom. The van der Waals surface area contributed by atoms with E-state index in [9.17, 15) is 10.1 Å². The van der Waals surface area contributed by atoms with Crippen molar-refractivity contribution >= 4 is 57.9 Å². The molecule has 1 fully saturated rings. The normalized spacial score (nSPS) is 13.0. The number of aromatic nitrogens is 1. The van der Waals surface area contributed by atoms with Crippen LogP contribution in [0.1, 0.15) is 12.0 Å². The van der Waals surface area contributed by atoms with Crippen molar-refractivity contribution in [1.29, 1.82) is 5.26 Å². The van der Waals surface area contributed by atoms with Crippen molar-refractivity contribution < 1.29 is 23.7 Å². The quantitative estimate of drug-likeness (QED) is 0.194. The minimum Gasteiger partial charge on any atom is -0.497 e. The number of carbonyl (C=O) groups excluding carboxylic acids is 1. The maximum atomic E-state index is 12.4. The van der Waals surface area contributed by atoms with Crippen molar-refractivity contribution in [1.82, 2.24) is 9.88 Å². The fraction of sp³-hybridized carbons (Fsp3) is 0.258. The molecule has 42 heavy (non-hydrogen) atoms. The third-order valence-corrected chi connectivity index (χ3v) is 6.59. The molecule has 11 heteroatoms. The van der Waals surface area contributed by atoms with Crippen molar-refractivity contribution in [2.24, 2.45) is 0 Å². The number of ether oxygens (including phenoxy) is 4. The number of hydrogen-bond donors (Lipinski definition) is 2. The number of hydrogen-bond acceptors (Lipinski definition) is 8. The summed E-state index contributed by atoms with van der Waals surface area (Å²) < 4.78 is 22.6. The van der Waals surface area contributed by atoms with E-state index in [1.165, 1.54) is 0 Å². The first-order valence-corrected chi connectivity index (χ1v) is 13.4. The molecular formula is C31H31N5NaO5. The Balaban J connectivity index is 0.00000405. The molecule has 1 saturated heterocycles. The molecule has 211 valence electrons. The van der Waals surface area contributed by atoms with E-state index in [1.807, 2.05) is 0 Å². The fourth-order valence-electron chi connectivity index (χ4n) is 4.44. The van der Waals surface area contributed by atoms with E-state index in [0.717, 1.165) is 39.3 Å². The molecule has 0 unspecified atom stereocenters. The van der Waals surface area contributed by atoms with Gasteiger partial charge in [-0.2, -0.15) is 5.26 Å². The number of benzene rings is 3. The number of methoxy groups -OCH3 is 1. The van der Waals surface area contributed by atoms with Crippen LogP contribution in [0.2, 0.25) is 0 Å².